The summed E-state index contributed by atoms with van der Waals surface area (Å²) in [6.45, 7) is 8.13. The highest BCUT2D eigenvalue weighted by Gasteiger charge is 2.17. The molecule has 7 heteroatoms. The van der Waals surface area contributed by atoms with E-state index in [1.165, 1.54) is 0 Å². The molecule has 0 fully saturated rings. The van der Waals surface area contributed by atoms with Gasteiger partial charge in [-0.3, -0.25) is 4.79 Å². The largest absolute Gasteiger partial charge is 0.349 e. The molecule has 0 saturated carbocycles. The first kappa shape index (κ1) is 16.5. The van der Waals surface area contributed by atoms with Crippen molar-refractivity contribution in [1.29, 1.82) is 0 Å². The third-order valence-electron chi connectivity index (χ3n) is 4.15. The summed E-state index contributed by atoms with van der Waals surface area (Å²) in [7, 11) is 0. The second kappa shape index (κ2) is 6.28. The summed E-state index contributed by atoms with van der Waals surface area (Å²) in [5.74, 6) is 1.41. The molecule has 0 radical (unpaired) electrons. The lowest BCUT2D eigenvalue weighted by Crippen LogP contribution is -2.31. The number of carbonyl (C=O) groups is 1. The van der Waals surface area contributed by atoms with Crippen molar-refractivity contribution < 1.29 is 4.79 Å². The number of hydrogen-bond acceptors (Lipinski definition) is 3. The van der Waals surface area contributed by atoms with Gasteiger partial charge in [-0.15, -0.1) is 0 Å². The smallest absolute Gasteiger partial charge is 0.268 e. The number of fused-ring (bicyclic) bond motifs is 1. The van der Waals surface area contributed by atoms with Crippen LogP contribution in [-0.4, -0.2) is 32.2 Å². The molecule has 1 atom stereocenters. The highest BCUT2D eigenvalue weighted by molar-refractivity contribution is 6.35. The Morgan fingerprint density at radius 1 is 1.38 bits per heavy atom. The minimum absolute atomic E-state index is 0.0171. The molecule has 6 nitrogen and oxygen atoms in total. The molecule has 3 aromatic rings. The lowest BCUT2D eigenvalue weighted by molar-refractivity contribution is 0.0943. The number of para-hydroxylation sites is 1. The summed E-state index contributed by atoms with van der Waals surface area (Å²) in [5, 5.41) is 8.88. The number of hydrogen-bond donors (Lipinski definition) is 2. The monoisotopic (exact) mass is 345 g/mol. The van der Waals surface area contributed by atoms with Crippen LogP contribution in [0.1, 0.15) is 40.7 Å². The highest BCUT2D eigenvalue weighted by atomic mass is 35.5. The van der Waals surface area contributed by atoms with E-state index in [1.807, 2.05) is 44.5 Å². The number of amides is 1. The minimum Gasteiger partial charge on any atom is -0.349 e. The van der Waals surface area contributed by atoms with E-state index in [1.54, 1.807) is 6.07 Å². The summed E-state index contributed by atoms with van der Waals surface area (Å²) in [5.41, 5.74) is 2.22. The number of aryl methyl sites for hydroxylation is 3. The molecule has 0 bridgehead atoms. The molecule has 0 aliphatic carbocycles. The fourth-order valence-corrected chi connectivity index (χ4v) is 3.13. The van der Waals surface area contributed by atoms with Crippen LogP contribution in [0.4, 0.5) is 0 Å². The average Bonchev–Trinajstić information content (AvgIpc) is 3.06. The molecule has 1 aromatic carbocycles. The Balaban J connectivity index is 1.77. The van der Waals surface area contributed by atoms with Gasteiger partial charge >= 0.3 is 0 Å². The van der Waals surface area contributed by atoms with E-state index in [0.717, 1.165) is 28.1 Å². The molecular formula is C17H20ClN5O. The van der Waals surface area contributed by atoms with Crippen LogP contribution in [0.25, 0.3) is 10.9 Å². The minimum atomic E-state index is -0.152. The van der Waals surface area contributed by atoms with Crippen molar-refractivity contribution in [2.45, 2.75) is 33.7 Å². The van der Waals surface area contributed by atoms with Gasteiger partial charge in [0.05, 0.1) is 16.6 Å². The van der Waals surface area contributed by atoms with Crippen molar-refractivity contribution in [2.75, 3.05) is 6.54 Å². The highest BCUT2D eigenvalue weighted by Crippen LogP contribution is 2.27. The van der Waals surface area contributed by atoms with Crippen LogP contribution in [0, 0.1) is 20.8 Å². The first-order valence-corrected chi connectivity index (χ1v) is 8.21. The maximum absolute atomic E-state index is 12.5. The van der Waals surface area contributed by atoms with Crippen molar-refractivity contribution in [3.63, 3.8) is 0 Å². The molecule has 3 rings (SSSR count). The number of carbonyl (C=O) groups excluding carboxylic acids is 1. The molecule has 0 aliphatic rings. The zero-order valence-corrected chi connectivity index (χ0v) is 14.9. The maximum atomic E-state index is 12.5. The SMILES string of the molecule is Cc1nc(C)n([C@@H](C)CNC(=O)c2[nH]c3c(Cl)cccc3c2C)n1. The van der Waals surface area contributed by atoms with Gasteiger partial charge in [0.2, 0.25) is 0 Å². The van der Waals surface area contributed by atoms with Crippen LogP contribution in [0.3, 0.4) is 0 Å². The predicted octanol–water partition coefficient (Wildman–Crippen LogP) is 3.33. The van der Waals surface area contributed by atoms with Gasteiger partial charge in [0.15, 0.2) is 0 Å². The zero-order valence-electron chi connectivity index (χ0n) is 14.1. The fourth-order valence-electron chi connectivity index (χ4n) is 2.91. The van der Waals surface area contributed by atoms with Crippen LogP contribution < -0.4 is 5.32 Å². The van der Waals surface area contributed by atoms with Crippen LogP contribution >= 0.6 is 11.6 Å². The molecule has 2 N–H and O–H groups in total. The number of rotatable bonds is 4. The van der Waals surface area contributed by atoms with E-state index in [9.17, 15) is 4.79 Å². The van der Waals surface area contributed by atoms with Crippen molar-refractivity contribution >= 4 is 28.4 Å². The number of aromatic amines is 1. The first-order valence-electron chi connectivity index (χ1n) is 7.83. The van der Waals surface area contributed by atoms with Crippen molar-refractivity contribution in [2.24, 2.45) is 0 Å². The number of nitrogens with zero attached hydrogens (tertiary/aromatic N) is 3. The lowest BCUT2D eigenvalue weighted by atomic mass is 10.1. The third-order valence-corrected chi connectivity index (χ3v) is 4.47. The number of halogens is 1. The Labute approximate surface area is 145 Å². The molecule has 126 valence electrons. The van der Waals surface area contributed by atoms with Crippen LogP contribution in [0.5, 0.6) is 0 Å². The van der Waals surface area contributed by atoms with Gasteiger partial charge in [-0.1, -0.05) is 23.7 Å². The van der Waals surface area contributed by atoms with Crippen LogP contribution in [-0.2, 0) is 0 Å². The van der Waals surface area contributed by atoms with E-state index in [4.69, 9.17) is 11.6 Å². The van der Waals surface area contributed by atoms with E-state index >= 15 is 0 Å². The second-order valence-electron chi connectivity index (χ2n) is 6.00. The molecule has 0 unspecified atom stereocenters. The van der Waals surface area contributed by atoms with Gasteiger partial charge < -0.3 is 10.3 Å². The van der Waals surface area contributed by atoms with Gasteiger partial charge in [-0.25, -0.2) is 9.67 Å². The standard InChI is InChI=1S/C17H20ClN5O/c1-9(23-12(4)20-11(3)22-23)8-19-17(24)15-10(2)13-6-5-7-14(18)16(13)21-15/h5-7,9,21H,8H2,1-4H3,(H,19,24)/t9-/m0/s1. The van der Waals surface area contributed by atoms with Crippen molar-refractivity contribution in [1.82, 2.24) is 25.1 Å². The summed E-state index contributed by atoms with van der Waals surface area (Å²) in [4.78, 5) is 20.0. The van der Waals surface area contributed by atoms with Gasteiger partial charge in [0.25, 0.3) is 5.91 Å². The van der Waals surface area contributed by atoms with Gasteiger partial charge in [0.1, 0.15) is 17.3 Å². The summed E-state index contributed by atoms with van der Waals surface area (Å²) in [6, 6.07) is 5.65. The molecule has 2 heterocycles. The van der Waals surface area contributed by atoms with Crippen molar-refractivity contribution in [3.05, 3.63) is 46.1 Å². The summed E-state index contributed by atoms with van der Waals surface area (Å²) < 4.78 is 1.82. The molecule has 1 amide bonds. The van der Waals surface area contributed by atoms with Gasteiger partial charge in [-0.2, -0.15) is 5.10 Å². The van der Waals surface area contributed by atoms with E-state index in [0.29, 0.717) is 17.3 Å². The lowest BCUT2D eigenvalue weighted by Gasteiger charge is -2.14. The quantitative estimate of drug-likeness (QED) is 0.761. The topological polar surface area (TPSA) is 75.6 Å². The van der Waals surface area contributed by atoms with Crippen LogP contribution in [0.2, 0.25) is 5.02 Å². The third kappa shape index (κ3) is 2.89. The number of nitrogens with one attached hydrogen (secondary N) is 2. The van der Waals surface area contributed by atoms with E-state index in [2.05, 4.69) is 20.4 Å². The van der Waals surface area contributed by atoms with E-state index in [-0.39, 0.29) is 11.9 Å². The number of H-pyrrole nitrogens is 1. The number of aromatic nitrogens is 4. The summed E-state index contributed by atoms with van der Waals surface area (Å²) in [6.07, 6.45) is 0. The maximum Gasteiger partial charge on any atom is 0.268 e. The van der Waals surface area contributed by atoms with E-state index < -0.39 is 0 Å². The molecule has 0 spiro atoms. The molecule has 24 heavy (non-hydrogen) atoms. The average molecular weight is 346 g/mol. The normalized spacial score (nSPS) is 12.5. The van der Waals surface area contributed by atoms with Gasteiger partial charge in [0, 0.05) is 11.9 Å². The Hall–Kier alpha value is -2.34. The molecular weight excluding hydrogens is 326 g/mol. The second-order valence-corrected chi connectivity index (χ2v) is 6.40. The fraction of sp³-hybridized carbons (Fsp3) is 0.353. The Morgan fingerprint density at radius 3 is 2.75 bits per heavy atom. The first-order chi connectivity index (χ1) is 11.4. The Bertz CT molecular complexity index is 911. The Morgan fingerprint density at radius 2 is 2.12 bits per heavy atom. The van der Waals surface area contributed by atoms with Crippen molar-refractivity contribution in [3.8, 4) is 0 Å². The van der Waals surface area contributed by atoms with Crippen LogP contribution in [0.15, 0.2) is 18.2 Å². The molecule has 0 aliphatic heterocycles. The Kier molecular flexibility index (Phi) is 4.32. The van der Waals surface area contributed by atoms with Gasteiger partial charge in [-0.05, 0) is 39.3 Å². The zero-order chi connectivity index (χ0) is 17.4. The number of benzene rings is 1. The summed E-state index contributed by atoms with van der Waals surface area (Å²) >= 11 is 6.19. The predicted molar refractivity (Wildman–Crippen MR) is 94.6 cm³/mol. The molecule has 0 saturated heterocycles. The molecule has 2 aromatic heterocycles.